The SMILES string of the molecule is c1cc2cc(-c3cnn(CCN4CCCCC4)c3)ccc2[nH]1. The first kappa shape index (κ1) is 13.6. The Balaban J connectivity index is 1.46. The second kappa shape index (κ2) is 5.97. The van der Waals surface area contributed by atoms with Crippen molar-refractivity contribution >= 4 is 10.9 Å². The quantitative estimate of drug-likeness (QED) is 0.799. The average Bonchev–Trinajstić information content (AvgIpc) is 3.22. The Morgan fingerprint density at radius 1 is 1.00 bits per heavy atom. The van der Waals surface area contributed by atoms with Gasteiger partial charge in [-0.1, -0.05) is 12.5 Å². The van der Waals surface area contributed by atoms with Crippen molar-refractivity contribution in [2.45, 2.75) is 25.8 Å². The molecule has 3 heterocycles. The second-order valence-corrected chi connectivity index (χ2v) is 6.17. The van der Waals surface area contributed by atoms with Crippen molar-refractivity contribution in [3.8, 4) is 11.1 Å². The molecule has 0 bridgehead atoms. The molecule has 22 heavy (non-hydrogen) atoms. The van der Waals surface area contributed by atoms with Crippen LogP contribution in [0.2, 0.25) is 0 Å². The molecule has 1 aliphatic heterocycles. The summed E-state index contributed by atoms with van der Waals surface area (Å²) < 4.78 is 2.07. The van der Waals surface area contributed by atoms with E-state index in [1.807, 2.05) is 12.4 Å². The Morgan fingerprint density at radius 2 is 1.91 bits per heavy atom. The fourth-order valence-corrected chi connectivity index (χ4v) is 3.29. The molecular weight excluding hydrogens is 272 g/mol. The van der Waals surface area contributed by atoms with Gasteiger partial charge in [0.1, 0.15) is 0 Å². The molecule has 4 heteroatoms. The molecule has 4 rings (SSSR count). The van der Waals surface area contributed by atoms with Crippen molar-refractivity contribution in [3.05, 3.63) is 42.9 Å². The van der Waals surface area contributed by atoms with Gasteiger partial charge in [-0.15, -0.1) is 0 Å². The van der Waals surface area contributed by atoms with E-state index in [0.29, 0.717) is 0 Å². The zero-order valence-corrected chi connectivity index (χ0v) is 12.8. The van der Waals surface area contributed by atoms with Crippen molar-refractivity contribution in [2.75, 3.05) is 19.6 Å². The lowest BCUT2D eigenvalue weighted by Gasteiger charge is -2.26. The second-order valence-electron chi connectivity index (χ2n) is 6.17. The lowest BCUT2D eigenvalue weighted by molar-refractivity contribution is 0.218. The summed E-state index contributed by atoms with van der Waals surface area (Å²) in [6, 6.07) is 8.62. The van der Waals surface area contributed by atoms with Crippen molar-refractivity contribution in [1.82, 2.24) is 19.7 Å². The third kappa shape index (κ3) is 2.79. The molecule has 0 unspecified atom stereocenters. The monoisotopic (exact) mass is 294 g/mol. The van der Waals surface area contributed by atoms with Crippen LogP contribution in [0.25, 0.3) is 22.0 Å². The Bertz CT molecular complexity index is 749. The van der Waals surface area contributed by atoms with Crippen LogP contribution in [0.5, 0.6) is 0 Å². The molecule has 2 aromatic heterocycles. The predicted octanol–water partition coefficient (Wildman–Crippen LogP) is 3.52. The molecule has 1 N–H and O–H groups in total. The number of nitrogens with one attached hydrogen (secondary N) is 1. The fraction of sp³-hybridized carbons (Fsp3) is 0.389. The number of aromatic amines is 1. The number of likely N-dealkylation sites (tertiary alicyclic amines) is 1. The third-order valence-electron chi connectivity index (χ3n) is 4.61. The smallest absolute Gasteiger partial charge is 0.0568 e. The van der Waals surface area contributed by atoms with Gasteiger partial charge >= 0.3 is 0 Å². The lowest BCUT2D eigenvalue weighted by atomic mass is 10.1. The van der Waals surface area contributed by atoms with E-state index in [9.17, 15) is 0 Å². The van der Waals surface area contributed by atoms with Crippen molar-refractivity contribution in [1.29, 1.82) is 0 Å². The molecule has 1 saturated heterocycles. The summed E-state index contributed by atoms with van der Waals surface area (Å²) >= 11 is 0. The van der Waals surface area contributed by atoms with Gasteiger partial charge in [-0.25, -0.2) is 0 Å². The normalized spacial score (nSPS) is 16.4. The van der Waals surface area contributed by atoms with Crippen LogP contribution in [-0.2, 0) is 6.54 Å². The zero-order chi connectivity index (χ0) is 14.8. The molecule has 0 atom stereocenters. The van der Waals surface area contributed by atoms with E-state index in [-0.39, 0.29) is 0 Å². The van der Waals surface area contributed by atoms with Gasteiger partial charge in [-0.05, 0) is 55.1 Å². The summed E-state index contributed by atoms with van der Waals surface area (Å²) in [6.45, 7) is 4.58. The van der Waals surface area contributed by atoms with Gasteiger partial charge < -0.3 is 9.88 Å². The summed E-state index contributed by atoms with van der Waals surface area (Å²) in [5.41, 5.74) is 3.61. The molecule has 0 spiro atoms. The highest BCUT2D eigenvalue weighted by Crippen LogP contribution is 2.23. The van der Waals surface area contributed by atoms with Gasteiger partial charge in [0.15, 0.2) is 0 Å². The van der Waals surface area contributed by atoms with Crippen LogP contribution in [0, 0.1) is 0 Å². The number of piperidine rings is 1. The molecule has 3 aromatic rings. The molecule has 0 aliphatic carbocycles. The molecule has 4 nitrogen and oxygen atoms in total. The maximum absolute atomic E-state index is 4.53. The maximum atomic E-state index is 4.53. The summed E-state index contributed by atoms with van der Waals surface area (Å²) in [5.74, 6) is 0. The minimum absolute atomic E-state index is 0.979. The van der Waals surface area contributed by atoms with Crippen LogP contribution in [0.1, 0.15) is 19.3 Å². The van der Waals surface area contributed by atoms with Gasteiger partial charge in [-0.3, -0.25) is 4.68 Å². The number of hydrogen-bond donors (Lipinski definition) is 1. The van der Waals surface area contributed by atoms with Crippen molar-refractivity contribution in [3.63, 3.8) is 0 Å². The highest BCUT2D eigenvalue weighted by atomic mass is 15.3. The van der Waals surface area contributed by atoms with Gasteiger partial charge in [0.2, 0.25) is 0 Å². The lowest BCUT2D eigenvalue weighted by Crippen LogP contribution is -2.32. The first-order chi connectivity index (χ1) is 10.9. The summed E-state index contributed by atoms with van der Waals surface area (Å²) in [7, 11) is 0. The number of hydrogen-bond acceptors (Lipinski definition) is 2. The van der Waals surface area contributed by atoms with Crippen LogP contribution in [0.3, 0.4) is 0 Å². The first-order valence-corrected chi connectivity index (χ1v) is 8.21. The number of benzene rings is 1. The maximum Gasteiger partial charge on any atom is 0.0568 e. The van der Waals surface area contributed by atoms with E-state index in [2.05, 4.69) is 50.1 Å². The predicted molar refractivity (Wildman–Crippen MR) is 89.8 cm³/mol. The highest BCUT2D eigenvalue weighted by Gasteiger charge is 2.10. The summed E-state index contributed by atoms with van der Waals surface area (Å²) in [5, 5.41) is 5.78. The van der Waals surface area contributed by atoms with E-state index < -0.39 is 0 Å². The first-order valence-electron chi connectivity index (χ1n) is 8.21. The molecule has 1 aromatic carbocycles. The minimum Gasteiger partial charge on any atom is -0.361 e. The van der Waals surface area contributed by atoms with Gasteiger partial charge in [-0.2, -0.15) is 5.10 Å². The third-order valence-corrected chi connectivity index (χ3v) is 4.61. The number of rotatable bonds is 4. The average molecular weight is 294 g/mol. The minimum atomic E-state index is 0.979. The molecule has 0 saturated carbocycles. The Morgan fingerprint density at radius 3 is 2.82 bits per heavy atom. The number of fused-ring (bicyclic) bond motifs is 1. The zero-order valence-electron chi connectivity index (χ0n) is 12.8. The molecule has 1 fully saturated rings. The van der Waals surface area contributed by atoms with E-state index in [1.165, 1.54) is 54.4 Å². The van der Waals surface area contributed by atoms with E-state index >= 15 is 0 Å². The van der Waals surface area contributed by atoms with E-state index in [1.54, 1.807) is 0 Å². The Hall–Kier alpha value is -2.07. The molecule has 1 aliphatic rings. The molecular formula is C18H22N4. The topological polar surface area (TPSA) is 36.9 Å². The molecule has 0 radical (unpaired) electrons. The highest BCUT2D eigenvalue weighted by molar-refractivity contribution is 5.84. The number of nitrogens with zero attached hydrogens (tertiary/aromatic N) is 3. The van der Waals surface area contributed by atoms with Crippen LogP contribution >= 0.6 is 0 Å². The largest absolute Gasteiger partial charge is 0.361 e. The van der Waals surface area contributed by atoms with Crippen LogP contribution in [0.4, 0.5) is 0 Å². The molecule has 0 amide bonds. The fourth-order valence-electron chi connectivity index (χ4n) is 3.29. The number of aromatic nitrogens is 3. The van der Waals surface area contributed by atoms with Gasteiger partial charge in [0, 0.05) is 30.0 Å². The van der Waals surface area contributed by atoms with E-state index in [4.69, 9.17) is 0 Å². The molecule has 114 valence electrons. The van der Waals surface area contributed by atoms with Crippen LogP contribution in [0.15, 0.2) is 42.9 Å². The summed E-state index contributed by atoms with van der Waals surface area (Å²) in [6.07, 6.45) is 10.2. The van der Waals surface area contributed by atoms with Crippen LogP contribution in [-0.4, -0.2) is 39.3 Å². The Kier molecular flexibility index (Phi) is 3.69. The van der Waals surface area contributed by atoms with E-state index in [0.717, 1.165) is 13.1 Å². The van der Waals surface area contributed by atoms with Gasteiger partial charge in [0.05, 0.1) is 12.7 Å². The standard InChI is InChI=1S/C18H22N4/c1-2-8-21(9-3-1)10-11-22-14-17(13-20-22)15-4-5-18-16(12-15)6-7-19-18/h4-7,12-14,19H,1-3,8-11H2. The summed E-state index contributed by atoms with van der Waals surface area (Å²) in [4.78, 5) is 5.79. The van der Waals surface area contributed by atoms with Crippen molar-refractivity contribution < 1.29 is 0 Å². The van der Waals surface area contributed by atoms with Crippen LogP contribution < -0.4 is 0 Å². The Labute approximate surface area is 130 Å². The van der Waals surface area contributed by atoms with Crippen molar-refractivity contribution in [2.24, 2.45) is 0 Å². The number of H-pyrrole nitrogens is 1. The van der Waals surface area contributed by atoms with Gasteiger partial charge in [0.25, 0.3) is 0 Å².